The first kappa shape index (κ1) is 22.2. The van der Waals surface area contributed by atoms with Crippen LogP contribution in [0.25, 0.3) is 0 Å². The van der Waals surface area contributed by atoms with Crippen LogP contribution in [0.4, 0.5) is 35.1 Å². The summed E-state index contributed by atoms with van der Waals surface area (Å²) >= 11 is 0. The zero-order chi connectivity index (χ0) is 13.1. The molecule has 0 amide bonds. The summed E-state index contributed by atoms with van der Waals surface area (Å²) in [4.78, 5) is 0. The Balaban J connectivity index is -0.000000292. The van der Waals surface area contributed by atoms with E-state index in [2.05, 4.69) is 0 Å². The van der Waals surface area contributed by atoms with E-state index >= 15 is 0 Å². The predicted molar refractivity (Wildman–Crippen MR) is 28.4 cm³/mol. The molecule has 0 bridgehead atoms. The van der Waals surface area contributed by atoms with E-state index in [4.69, 9.17) is 13.0 Å². The van der Waals surface area contributed by atoms with Gasteiger partial charge in [-0.2, -0.15) is 35.1 Å². The van der Waals surface area contributed by atoms with Crippen molar-refractivity contribution in [3.63, 3.8) is 0 Å². The first-order chi connectivity index (χ1) is 6.23. The molecule has 0 radical (unpaired) electrons. The molecule has 0 aromatic rings. The first-order valence-electron chi connectivity index (χ1n) is 2.53. The summed E-state index contributed by atoms with van der Waals surface area (Å²) < 4.78 is 112. The molecule has 0 unspecified atom stereocenters. The maximum Gasteiger partial charge on any atom is 1.00 e. The van der Waals surface area contributed by atoms with Crippen LogP contribution in [0.15, 0.2) is 0 Å². The molecule has 16 heavy (non-hydrogen) atoms. The molecule has 0 spiro atoms. The van der Waals surface area contributed by atoms with Crippen LogP contribution in [0, 0.1) is 0 Å². The van der Waals surface area contributed by atoms with Crippen LogP contribution < -0.4 is 51.4 Å². The third kappa shape index (κ3) is 8.13. The fourth-order valence-corrected chi connectivity index (χ4v) is 0.161. The molecular formula is C3HF8KO3S. The summed E-state index contributed by atoms with van der Waals surface area (Å²) in [6.45, 7) is 0. The van der Waals surface area contributed by atoms with Gasteiger partial charge < -0.3 is 13.0 Å². The van der Waals surface area contributed by atoms with Gasteiger partial charge in [0.15, 0.2) is 0 Å². The maximum absolute atomic E-state index is 11.2. The first-order valence-corrected chi connectivity index (χ1v) is 3.56. The van der Waals surface area contributed by atoms with Crippen LogP contribution >= 0.6 is 0 Å². The minimum atomic E-state index is -6.62. The second kappa shape index (κ2) is 7.43. The second-order valence-corrected chi connectivity index (χ2v) is 2.22. The van der Waals surface area contributed by atoms with E-state index in [0.29, 0.717) is 0 Å². The number of halogens is 8. The van der Waals surface area contributed by atoms with Gasteiger partial charge in [-0.3, -0.25) is 0 Å². The van der Waals surface area contributed by atoms with Gasteiger partial charge in [-0.1, -0.05) is 0 Å². The number of hydrogen-bond donors (Lipinski definition) is 1. The molecule has 0 aromatic carbocycles. The molecule has 1 N–H and O–H groups in total. The van der Waals surface area contributed by atoms with Gasteiger partial charge in [0, 0.05) is 11.0 Å². The molecule has 0 saturated heterocycles. The topological polar surface area (TPSA) is 54.4 Å². The second-order valence-electron chi connectivity index (χ2n) is 1.79. The molecule has 0 fully saturated rings. The zero-order valence-corrected chi connectivity index (χ0v) is 11.1. The fraction of sp³-hybridized carbons (Fsp3) is 1.00. The number of rotatable bonds is 0. The largest absolute Gasteiger partial charge is 1.00 e. The Hall–Kier alpha value is 0.986. The van der Waals surface area contributed by atoms with Crippen molar-refractivity contribution in [1.82, 2.24) is 0 Å². The van der Waals surface area contributed by atoms with Crippen molar-refractivity contribution >= 4 is 11.0 Å². The average Bonchev–Trinajstić information content (AvgIpc) is 1.79. The van der Waals surface area contributed by atoms with E-state index in [9.17, 15) is 35.1 Å². The van der Waals surface area contributed by atoms with Gasteiger partial charge in [0.2, 0.25) is 0 Å². The Morgan fingerprint density at radius 2 is 0.875 bits per heavy atom. The van der Waals surface area contributed by atoms with Crippen molar-refractivity contribution in [1.29, 1.82) is 0 Å². The molecule has 0 saturated carbocycles. The van der Waals surface area contributed by atoms with E-state index in [1.54, 1.807) is 0 Å². The van der Waals surface area contributed by atoms with Crippen molar-refractivity contribution in [3.05, 3.63) is 0 Å². The van der Waals surface area contributed by atoms with Gasteiger partial charge >= 0.3 is 69.7 Å². The summed E-state index contributed by atoms with van der Waals surface area (Å²) in [7, 11) is -2.86. The van der Waals surface area contributed by atoms with Gasteiger partial charge in [-0.05, 0) is 0 Å². The smallest absolute Gasteiger partial charge is 0.439 e. The van der Waals surface area contributed by atoms with Crippen LogP contribution in [-0.2, 0) is 19.4 Å². The predicted octanol–water partition coefficient (Wildman–Crippen LogP) is -0.481. The molecule has 0 aliphatic rings. The monoisotopic (exact) mass is 308 g/mol. The van der Waals surface area contributed by atoms with E-state index in [1.165, 1.54) is 0 Å². The van der Waals surface area contributed by atoms with Gasteiger partial charge in [-0.15, -0.1) is 0 Å². The van der Waals surface area contributed by atoms with Gasteiger partial charge in [0.25, 0.3) is 0 Å². The van der Waals surface area contributed by atoms with Crippen molar-refractivity contribution in [2.75, 3.05) is 0 Å². The van der Waals surface area contributed by atoms with Crippen LogP contribution in [0.5, 0.6) is 0 Å². The third-order valence-electron chi connectivity index (χ3n) is 0.712. The van der Waals surface area contributed by atoms with Crippen molar-refractivity contribution in [3.8, 4) is 0 Å². The Morgan fingerprint density at radius 3 is 0.875 bits per heavy atom. The minimum absolute atomic E-state index is 0. The number of alkyl halides is 8. The Morgan fingerprint density at radius 1 is 0.750 bits per heavy atom. The van der Waals surface area contributed by atoms with Crippen molar-refractivity contribution in [2.45, 2.75) is 18.3 Å². The summed E-state index contributed by atoms with van der Waals surface area (Å²) in [6, 6.07) is 0. The quantitative estimate of drug-likeness (QED) is 0.216. The van der Waals surface area contributed by atoms with Gasteiger partial charge in [-0.25, -0.2) is 0 Å². The summed E-state index contributed by atoms with van der Waals surface area (Å²) in [5, 5.41) is 0. The van der Waals surface area contributed by atoms with Crippen molar-refractivity contribution in [2.24, 2.45) is 0 Å². The summed E-state index contributed by atoms with van der Waals surface area (Å²) in [5.74, 6) is -6.62. The van der Waals surface area contributed by atoms with Gasteiger partial charge in [0.05, 0.1) is 0 Å². The third-order valence-corrected chi connectivity index (χ3v) is 0.712. The van der Waals surface area contributed by atoms with E-state index in [0.717, 1.165) is 0 Å². The van der Waals surface area contributed by atoms with E-state index < -0.39 is 29.3 Å². The van der Waals surface area contributed by atoms with E-state index in [1.807, 2.05) is 0 Å². The molecule has 0 aromatic heterocycles. The summed E-state index contributed by atoms with van der Waals surface area (Å²) in [6.07, 6.45) is -13.2. The summed E-state index contributed by atoms with van der Waals surface area (Å²) in [5.41, 5.74) is 0. The molecule has 13 heteroatoms. The molecule has 0 atom stereocenters. The minimum Gasteiger partial charge on any atom is -0.439 e. The molecule has 0 heterocycles. The molecule has 3 nitrogen and oxygen atoms in total. The molecular weight excluding hydrogens is 307 g/mol. The van der Waals surface area contributed by atoms with Crippen LogP contribution in [0.3, 0.4) is 0 Å². The van der Waals surface area contributed by atoms with Gasteiger partial charge in [0.1, 0.15) is 0 Å². The average molecular weight is 308 g/mol. The molecule has 0 rings (SSSR count). The normalized spacial score (nSPS) is 12.6. The Labute approximate surface area is 127 Å². The zero-order valence-electron chi connectivity index (χ0n) is 7.20. The molecule has 0 aliphatic heterocycles. The standard InChI is InChI=1S/C3F8.K.HO3S/c4-1(5,2(6,7)8)3(9,10)11;;1-4(2)3/h;;(H,1,2,3)/q;+1;-1. The van der Waals surface area contributed by atoms with Crippen LogP contribution in [-0.4, -0.2) is 22.8 Å². The Kier molecular flexibility index (Phi) is 10.3. The maximum atomic E-state index is 11.2. The number of hydrogen-bond acceptors (Lipinski definition) is 3. The fourth-order valence-electron chi connectivity index (χ4n) is 0.161. The SMILES string of the molecule is FC(F)(F)C(F)(F)C(F)(F)F.O=[S-](=O)O.[K+]. The van der Waals surface area contributed by atoms with Crippen molar-refractivity contribution < 1.29 is 99.5 Å². The molecule has 0 aliphatic carbocycles. The molecule has 94 valence electrons. The van der Waals surface area contributed by atoms with Crippen LogP contribution in [0.2, 0.25) is 0 Å². The van der Waals surface area contributed by atoms with E-state index in [-0.39, 0.29) is 51.4 Å². The Bertz CT molecular complexity index is 243. The van der Waals surface area contributed by atoms with Crippen LogP contribution in [0.1, 0.15) is 0 Å².